The molecule has 1 saturated carbocycles. The first-order valence-electron chi connectivity index (χ1n) is 6.63. The molecule has 0 aromatic heterocycles. The van der Waals surface area contributed by atoms with Crippen LogP contribution in [0.1, 0.15) is 24.0 Å². The van der Waals surface area contributed by atoms with E-state index in [9.17, 15) is 4.79 Å². The molecule has 1 atom stereocenters. The van der Waals surface area contributed by atoms with Gasteiger partial charge in [-0.2, -0.15) is 0 Å². The Morgan fingerprint density at radius 1 is 1.50 bits per heavy atom. The topological polar surface area (TPSA) is 46.3 Å². The second-order valence-electron chi connectivity index (χ2n) is 5.31. The van der Waals surface area contributed by atoms with Gasteiger partial charge in [-0.25, -0.2) is 0 Å². The highest BCUT2D eigenvalue weighted by atomic mass is 16.2. The lowest BCUT2D eigenvalue weighted by Gasteiger charge is -2.27. The van der Waals surface area contributed by atoms with Crippen molar-refractivity contribution in [2.75, 3.05) is 13.6 Å². The van der Waals surface area contributed by atoms with Crippen molar-refractivity contribution >= 4 is 5.91 Å². The van der Waals surface area contributed by atoms with E-state index in [2.05, 4.69) is 6.07 Å². The van der Waals surface area contributed by atoms with Crippen molar-refractivity contribution in [2.45, 2.75) is 32.2 Å². The Balaban J connectivity index is 1.98. The Labute approximate surface area is 109 Å². The molecule has 1 fully saturated rings. The molecule has 2 rings (SSSR count). The molecule has 1 aromatic rings. The van der Waals surface area contributed by atoms with Crippen LogP contribution in [-0.2, 0) is 11.2 Å². The molecule has 1 amide bonds. The van der Waals surface area contributed by atoms with Crippen LogP contribution in [0, 0.1) is 12.8 Å². The number of amides is 1. The molecule has 0 bridgehead atoms. The van der Waals surface area contributed by atoms with E-state index in [0.29, 0.717) is 18.9 Å². The normalized spacial score (nSPS) is 16.4. The number of rotatable bonds is 5. The van der Waals surface area contributed by atoms with E-state index in [1.54, 1.807) is 0 Å². The first kappa shape index (κ1) is 13.1. The summed E-state index contributed by atoms with van der Waals surface area (Å²) >= 11 is 0. The SMILES string of the molecule is Cc1cccc(CC(=O)N(C)C(CN)C2CC2)c1. The number of carbonyl (C=O) groups excluding carboxylic acids is 1. The number of aryl methyl sites for hydroxylation is 1. The van der Waals surface area contributed by atoms with E-state index in [4.69, 9.17) is 5.73 Å². The van der Waals surface area contributed by atoms with Crippen LogP contribution in [0.3, 0.4) is 0 Å². The van der Waals surface area contributed by atoms with Gasteiger partial charge in [0, 0.05) is 19.6 Å². The van der Waals surface area contributed by atoms with E-state index in [1.807, 2.05) is 37.1 Å². The quantitative estimate of drug-likeness (QED) is 0.860. The van der Waals surface area contributed by atoms with Gasteiger partial charge < -0.3 is 10.6 Å². The van der Waals surface area contributed by atoms with E-state index in [1.165, 1.54) is 18.4 Å². The highest BCUT2D eigenvalue weighted by Crippen LogP contribution is 2.34. The standard InChI is InChI=1S/C15H22N2O/c1-11-4-3-5-12(8-11)9-15(18)17(2)14(10-16)13-6-7-13/h3-5,8,13-14H,6-7,9-10,16H2,1-2H3. The minimum atomic E-state index is 0.169. The van der Waals surface area contributed by atoms with Crippen molar-refractivity contribution in [1.82, 2.24) is 4.90 Å². The molecule has 3 heteroatoms. The number of likely N-dealkylation sites (N-methyl/N-ethyl adjacent to an activating group) is 1. The molecule has 0 radical (unpaired) electrons. The van der Waals surface area contributed by atoms with Gasteiger partial charge in [0.05, 0.1) is 6.42 Å². The first-order valence-corrected chi connectivity index (χ1v) is 6.63. The molecular formula is C15H22N2O. The molecule has 1 unspecified atom stereocenters. The highest BCUT2D eigenvalue weighted by molar-refractivity contribution is 5.79. The molecule has 1 aliphatic carbocycles. The summed E-state index contributed by atoms with van der Waals surface area (Å²) in [6.45, 7) is 2.62. The summed E-state index contributed by atoms with van der Waals surface area (Å²) in [5, 5.41) is 0. The third-order valence-electron chi connectivity index (χ3n) is 3.74. The maximum atomic E-state index is 12.2. The first-order chi connectivity index (χ1) is 8.61. The molecule has 1 aliphatic rings. The largest absolute Gasteiger partial charge is 0.341 e. The number of nitrogens with zero attached hydrogens (tertiary/aromatic N) is 1. The van der Waals surface area contributed by atoms with Crippen LogP contribution < -0.4 is 5.73 Å². The van der Waals surface area contributed by atoms with Crippen molar-refractivity contribution in [3.05, 3.63) is 35.4 Å². The zero-order valence-electron chi connectivity index (χ0n) is 11.2. The monoisotopic (exact) mass is 246 g/mol. The summed E-state index contributed by atoms with van der Waals surface area (Å²) in [5.74, 6) is 0.796. The Morgan fingerprint density at radius 2 is 2.22 bits per heavy atom. The van der Waals surface area contributed by atoms with Gasteiger partial charge in [-0.3, -0.25) is 4.79 Å². The third kappa shape index (κ3) is 3.10. The zero-order valence-corrected chi connectivity index (χ0v) is 11.2. The van der Waals surface area contributed by atoms with Gasteiger partial charge in [0.2, 0.25) is 5.91 Å². The predicted octanol–water partition coefficient (Wildman–Crippen LogP) is 1.73. The molecule has 2 N–H and O–H groups in total. The fourth-order valence-electron chi connectivity index (χ4n) is 2.45. The minimum absolute atomic E-state index is 0.169. The number of carbonyl (C=O) groups is 1. The van der Waals surface area contributed by atoms with Crippen LogP contribution in [0.4, 0.5) is 0 Å². The maximum Gasteiger partial charge on any atom is 0.227 e. The molecule has 0 spiro atoms. The number of benzene rings is 1. The molecule has 0 heterocycles. The zero-order chi connectivity index (χ0) is 13.1. The van der Waals surface area contributed by atoms with Gasteiger partial charge in [0.25, 0.3) is 0 Å². The van der Waals surface area contributed by atoms with Crippen molar-refractivity contribution in [1.29, 1.82) is 0 Å². The van der Waals surface area contributed by atoms with Crippen molar-refractivity contribution < 1.29 is 4.79 Å². The maximum absolute atomic E-state index is 12.2. The summed E-state index contributed by atoms with van der Waals surface area (Å²) in [5.41, 5.74) is 8.05. The average molecular weight is 246 g/mol. The van der Waals surface area contributed by atoms with Gasteiger partial charge in [-0.15, -0.1) is 0 Å². The lowest BCUT2D eigenvalue weighted by Crippen LogP contribution is -2.43. The summed E-state index contributed by atoms with van der Waals surface area (Å²) in [7, 11) is 1.88. The van der Waals surface area contributed by atoms with Crippen LogP contribution in [0.25, 0.3) is 0 Å². The molecule has 98 valence electrons. The summed E-state index contributed by atoms with van der Waals surface area (Å²) < 4.78 is 0. The number of hydrogen-bond donors (Lipinski definition) is 1. The number of hydrogen-bond acceptors (Lipinski definition) is 2. The minimum Gasteiger partial charge on any atom is -0.341 e. The van der Waals surface area contributed by atoms with Crippen LogP contribution in [0.5, 0.6) is 0 Å². The molecule has 3 nitrogen and oxygen atoms in total. The summed E-state index contributed by atoms with van der Waals surface area (Å²) in [6, 6.07) is 8.35. The Morgan fingerprint density at radius 3 is 2.78 bits per heavy atom. The second-order valence-corrected chi connectivity index (χ2v) is 5.31. The highest BCUT2D eigenvalue weighted by Gasteiger charge is 2.34. The Hall–Kier alpha value is -1.35. The average Bonchev–Trinajstić information content (AvgIpc) is 3.14. The van der Waals surface area contributed by atoms with Gasteiger partial charge in [-0.1, -0.05) is 29.8 Å². The van der Waals surface area contributed by atoms with Crippen LogP contribution in [0.2, 0.25) is 0 Å². The second kappa shape index (κ2) is 5.53. The van der Waals surface area contributed by atoms with Crippen molar-refractivity contribution in [2.24, 2.45) is 11.7 Å². The molecular weight excluding hydrogens is 224 g/mol. The predicted molar refractivity (Wildman–Crippen MR) is 73.2 cm³/mol. The fourth-order valence-corrected chi connectivity index (χ4v) is 2.45. The van der Waals surface area contributed by atoms with Gasteiger partial charge in [0.15, 0.2) is 0 Å². The summed E-state index contributed by atoms with van der Waals surface area (Å²) in [4.78, 5) is 14.1. The third-order valence-corrected chi connectivity index (χ3v) is 3.74. The van der Waals surface area contributed by atoms with Gasteiger partial charge >= 0.3 is 0 Å². The lowest BCUT2D eigenvalue weighted by atomic mass is 10.1. The van der Waals surface area contributed by atoms with E-state index in [-0.39, 0.29) is 11.9 Å². The van der Waals surface area contributed by atoms with E-state index < -0.39 is 0 Å². The molecule has 18 heavy (non-hydrogen) atoms. The van der Waals surface area contributed by atoms with Crippen LogP contribution in [-0.4, -0.2) is 30.4 Å². The molecule has 0 saturated heterocycles. The Kier molecular flexibility index (Phi) is 4.02. The van der Waals surface area contributed by atoms with Crippen LogP contribution >= 0.6 is 0 Å². The molecule has 0 aliphatic heterocycles. The lowest BCUT2D eigenvalue weighted by molar-refractivity contribution is -0.131. The number of nitrogens with two attached hydrogens (primary N) is 1. The van der Waals surface area contributed by atoms with Gasteiger partial charge in [-0.05, 0) is 31.2 Å². The van der Waals surface area contributed by atoms with Crippen molar-refractivity contribution in [3.63, 3.8) is 0 Å². The van der Waals surface area contributed by atoms with Crippen molar-refractivity contribution in [3.8, 4) is 0 Å². The van der Waals surface area contributed by atoms with E-state index in [0.717, 1.165) is 5.56 Å². The fraction of sp³-hybridized carbons (Fsp3) is 0.533. The smallest absolute Gasteiger partial charge is 0.227 e. The van der Waals surface area contributed by atoms with Crippen LogP contribution in [0.15, 0.2) is 24.3 Å². The van der Waals surface area contributed by atoms with E-state index >= 15 is 0 Å². The van der Waals surface area contributed by atoms with Gasteiger partial charge in [0.1, 0.15) is 0 Å². The Bertz CT molecular complexity index is 426. The summed E-state index contributed by atoms with van der Waals surface area (Å²) in [6.07, 6.45) is 2.90. The molecule has 1 aromatic carbocycles.